The summed E-state index contributed by atoms with van der Waals surface area (Å²) in [4.78, 5) is 14.9. The maximum absolute atomic E-state index is 11.4. The lowest BCUT2D eigenvalue weighted by Crippen LogP contribution is -2.29. The lowest BCUT2D eigenvalue weighted by molar-refractivity contribution is -0.142. The number of ether oxygens (including phenoxy) is 1. The first-order valence-corrected chi connectivity index (χ1v) is 6.45. The molecule has 1 rings (SSSR count). The van der Waals surface area contributed by atoms with E-state index in [-0.39, 0.29) is 12.0 Å². The van der Waals surface area contributed by atoms with Gasteiger partial charge in [-0.05, 0) is 24.5 Å². The monoisotopic (exact) mass is 241 g/mol. The number of hydrogen-bond acceptors (Lipinski definition) is 4. The SMILES string of the molecule is CCN(CC)[C@@H](CC(=O)OC)c1cccs1. The summed E-state index contributed by atoms with van der Waals surface area (Å²) in [7, 11) is 1.44. The third-order valence-electron chi connectivity index (χ3n) is 2.71. The molecule has 1 aromatic rings. The van der Waals surface area contributed by atoms with Gasteiger partial charge in [-0.15, -0.1) is 11.3 Å². The minimum atomic E-state index is -0.148. The van der Waals surface area contributed by atoms with Crippen LogP contribution >= 0.6 is 11.3 Å². The first-order chi connectivity index (χ1) is 7.72. The maximum atomic E-state index is 11.4. The van der Waals surface area contributed by atoms with Crippen LogP contribution in [-0.2, 0) is 9.53 Å². The van der Waals surface area contributed by atoms with Gasteiger partial charge < -0.3 is 4.74 Å². The molecule has 0 aromatic carbocycles. The maximum Gasteiger partial charge on any atom is 0.307 e. The molecule has 0 unspecified atom stereocenters. The largest absolute Gasteiger partial charge is 0.469 e. The number of thiophene rings is 1. The molecule has 4 heteroatoms. The topological polar surface area (TPSA) is 29.5 Å². The molecule has 0 amide bonds. The van der Waals surface area contributed by atoms with Crippen LogP contribution in [0, 0.1) is 0 Å². The summed E-state index contributed by atoms with van der Waals surface area (Å²) in [5, 5.41) is 2.04. The Balaban J connectivity index is 2.80. The second kappa shape index (κ2) is 6.66. The van der Waals surface area contributed by atoms with Gasteiger partial charge in [-0.25, -0.2) is 0 Å². The molecule has 90 valence electrons. The summed E-state index contributed by atoms with van der Waals surface area (Å²) in [6.07, 6.45) is 0.429. The summed E-state index contributed by atoms with van der Waals surface area (Å²) in [5.74, 6) is -0.148. The van der Waals surface area contributed by atoms with Crippen LogP contribution in [0.3, 0.4) is 0 Å². The Morgan fingerprint density at radius 2 is 2.19 bits per heavy atom. The smallest absolute Gasteiger partial charge is 0.307 e. The fraction of sp³-hybridized carbons (Fsp3) is 0.583. The fourth-order valence-electron chi connectivity index (χ4n) is 1.80. The number of rotatable bonds is 6. The van der Waals surface area contributed by atoms with Crippen molar-refractivity contribution in [2.75, 3.05) is 20.2 Å². The third-order valence-corrected chi connectivity index (χ3v) is 3.69. The molecule has 0 saturated carbocycles. The van der Waals surface area contributed by atoms with Crippen LogP contribution < -0.4 is 0 Å². The second-order valence-electron chi connectivity index (χ2n) is 3.53. The first kappa shape index (κ1) is 13.2. The Morgan fingerprint density at radius 3 is 2.62 bits per heavy atom. The molecule has 0 saturated heterocycles. The van der Waals surface area contributed by atoms with Crippen molar-refractivity contribution in [1.29, 1.82) is 0 Å². The van der Waals surface area contributed by atoms with Gasteiger partial charge in [-0.2, -0.15) is 0 Å². The van der Waals surface area contributed by atoms with Gasteiger partial charge in [0.25, 0.3) is 0 Å². The van der Waals surface area contributed by atoms with Crippen molar-refractivity contribution in [2.24, 2.45) is 0 Å². The summed E-state index contributed by atoms with van der Waals surface area (Å²) in [5.41, 5.74) is 0. The van der Waals surface area contributed by atoms with E-state index in [4.69, 9.17) is 4.74 Å². The molecule has 16 heavy (non-hydrogen) atoms. The molecule has 0 spiro atoms. The number of carbonyl (C=O) groups excluding carboxylic acids is 1. The van der Waals surface area contributed by atoms with Crippen LogP contribution in [0.15, 0.2) is 17.5 Å². The highest BCUT2D eigenvalue weighted by atomic mass is 32.1. The van der Waals surface area contributed by atoms with E-state index >= 15 is 0 Å². The van der Waals surface area contributed by atoms with Crippen molar-refractivity contribution in [3.63, 3.8) is 0 Å². The quantitative estimate of drug-likeness (QED) is 0.717. The highest BCUT2D eigenvalue weighted by Gasteiger charge is 2.22. The van der Waals surface area contributed by atoms with Crippen LogP contribution in [0.1, 0.15) is 31.2 Å². The molecule has 0 fully saturated rings. The fourth-order valence-corrected chi connectivity index (χ4v) is 2.66. The molecule has 0 aliphatic carbocycles. The van der Waals surface area contributed by atoms with Gasteiger partial charge in [0.1, 0.15) is 0 Å². The molecule has 0 aliphatic heterocycles. The van der Waals surface area contributed by atoms with Gasteiger partial charge in [0.15, 0.2) is 0 Å². The van der Waals surface area contributed by atoms with Crippen molar-refractivity contribution in [2.45, 2.75) is 26.3 Å². The number of hydrogen-bond donors (Lipinski definition) is 0. The van der Waals surface area contributed by atoms with Gasteiger partial charge in [0.2, 0.25) is 0 Å². The number of esters is 1. The van der Waals surface area contributed by atoms with E-state index in [9.17, 15) is 4.79 Å². The van der Waals surface area contributed by atoms with Crippen LogP contribution in [0.5, 0.6) is 0 Å². The van der Waals surface area contributed by atoms with Gasteiger partial charge in [-0.3, -0.25) is 9.69 Å². The van der Waals surface area contributed by atoms with Crippen LogP contribution in [0.4, 0.5) is 0 Å². The van der Waals surface area contributed by atoms with Crippen molar-refractivity contribution < 1.29 is 9.53 Å². The number of methoxy groups -OCH3 is 1. The molecule has 0 radical (unpaired) electrons. The first-order valence-electron chi connectivity index (χ1n) is 5.57. The highest BCUT2D eigenvalue weighted by molar-refractivity contribution is 7.10. The van der Waals surface area contributed by atoms with E-state index in [1.807, 2.05) is 11.4 Å². The van der Waals surface area contributed by atoms with Crippen molar-refractivity contribution in [3.8, 4) is 0 Å². The van der Waals surface area contributed by atoms with Gasteiger partial charge >= 0.3 is 5.97 Å². The zero-order chi connectivity index (χ0) is 12.0. The number of nitrogens with zero attached hydrogens (tertiary/aromatic N) is 1. The molecule has 1 heterocycles. The van der Waals surface area contributed by atoms with E-state index in [0.717, 1.165) is 13.1 Å². The molecule has 1 atom stereocenters. The third kappa shape index (κ3) is 3.32. The molecule has 0 aliphatic rings. The average Bonchev–Trinajstić information content (AvgIpc) is 2.82. The van der Waals surface area contributed by atoms with Gasteiger partial charge in [0, 0.05) is 4.88 Å². The molecule has 0 N–H and O–H groups in total. The minimum absolute atomic E-state index is 0.148. The van der Waals surface area contributed by atoms with Crippen molar-refractivity contribution in [1.82, 2.24) is 4.90 Å². The number of carbonyl (C=O) groups is 1. The molecule has 3 nitrogen and oxygen atoms in total. The predicted molar refractivity (Wildman–Crippen MR) is 66.6 cm³/mol. The normalized spacial score (nSPS) is 12.8. The van der Waals surface area contributed by atoms with Crippen LogP contribution in [-0.4, -0.2) is 31.1 Å². The summed E-state index contributed by atoms with van der Waals surface area (Å²) >= 11 is 1.69. The second-order valence-corrected chi connectivity index (χ2v) is 4.51. The Kier molecular flexibility index (Phi) is 5.49. The average molecular weight is 241 g/mol. The molecular formula is C12H19NO2S. The highest BCUT2D eigenvalue weighted by Crippen LogP contribution is 2.28. The summed E-state index contributed by atoms with van der Waals surface area (Å²) < 4.78 is 4.76. The standard InChI is InChI=1S/C12H19NO2S/c1-4-13(5-2)10(9-12(14)15-3)11-7-6-8-16-11/h6-8,10H,4-5,9H2,1-3H3/t10-/m0/s1. The lowest BCUT2D eigenvalue weighted by Gasteiger charge is -2.27. The zero-order valence-electron chi connectivity index (χ0n) is 10.1. The summed E-state index contributed by atoms with van der Waals surface area (Å²) in [6, 6.07) is 4.26. The van der Waals surface area contributed by atoms with E-state index in [1.165, 1.54) is 12.0 Å². The van der Waals surface area contributed by atoms with Crippen molar-refractivity contribution >= 4 is 17.3 Å². The van der Waals surface area contributed by atoms with Crippen LogP contribution in [0.25, 0.3) is 0 Å². The Labute approximate surface area is 101 Å². The molecular weight excluding hydrogens is 222 g/mol. The van der Waals surface area contributed by atoms with Gasteiger partial charge in [0.05, 0.1) is 19.6 Å². The summed E-state index contributed by atoms with van der Waals surface area (Å²) in [6.45, 7) is 6.11. The van der Waals surface area contributed by atoms with Crippen LogP contribution in [0.2, 0.25) is 0 Å². The van der Waals surface area contributed by atoms with E-state index in [1.54, 1.807) is 11.3 Å². The van der Waals surface area contributed by atoms with Crippen molar-refractivity contribution in [3.05, 3.63) is 22.4 Å². The zero-order valence-corrected chi connectivity index (χ0v) is 10.9. The molecule has 1 aromatic heterocycles. The Morgan fingerprint density at radius 1 is 1.50 bits per heavy atom. The Bertz CT molecular complexity index is 307. The lowest BCUT2D eigenvalue weighted by atomic mass is 10.1. The van der Waals surface area contributed by atoms with E-state index in [0.29, 0.717) is 6.42 Å². The van der Waals surface area contributed by atoms with Gasteiger partial charge in [-0.1, -0.05) is 19.9 Å². The Hall–Kier alpha value is -0.870. The molecule has 0 bridgehead atoms. The predicted octanol–water partition coefficient (Wildman–Crippen LogP) is 2.69. The van der Waals surface area contributed by atoms with E-state index < -0.39 is 0 Å². The minimum Gasteiger partial charge on any atom is -0.469 e. The van der Waals surface area contributed by atoms with E-state index in [2.05, 4.69) is 24.8 Å².